The maximum Gasteiger partial charge on any atom is 0.277 e. The van der Waals surface area contributed by atoms with Crippen molar-refractivity contribution in [3.63, 3.8) is 0 Å². The van der Waals surface area contributed by atoms with Crippen LogP contribution in [0.4, 0.5) is 5.69 Å². The normalized spacial score (nSPS) is 17.4. The summed E-state index contributed by atoms with van der Waals surface area (Å²) in [5.74, 6) is 0.851. The Bertz CT molecular complexity index is 675. The van der Waals surface area contributed by atoms with E-state index in [0.29, 0.717) is 11.1 Å². The summed E-state index contributed by atoms with van der Waals surface area (Å²) in [6.07, 6.45) is 2.24. The molecule has 1 aromatic heterocycles. The number of carbonyl (C=O) groups is 1. The van der Waals surface area contributed by atoms with Gasteiger partial charge in [0.15, 0.2) is 6.04 Å². The molecule has 1 amide bonds. The molecule has 1 aromatic carbocycles. The molecule has 0 aliphatic carbocycles. The third kappa shape index (κ3) is 3.92. The number of aryl methyl sites for hydroxylation is 2. The zero-order valence-corrected chi connectivity index (χ0v) is 14.2. The fourth-order valence-electron chi connectivity index (χ4n) is 2.74. The van der Waals surface area contributed by atoms with E-state index in [1.165, 1.54) is 18.2 Å². The van der Waals surface area contributed by atoms with Crippen LogP contribution in [0.25, 0.3) is 0 Å². The van der Waals surface area contributed by atoms with Crippen LogP contribution in [0.3, 0.4) is 0 Å². The quantitative estimate of drug-likeness (QED) is 0.815. The van der Waals surface area contributed by atoms with Gasteiger partial charge in [-0.05, 0) is 25.0 Å². The Morgan fingerprint density at radius 2 is 2.17 bits per heavy atom. The van der Waals surface area contributed by atoms with Crippen LogP contribution >= 0.6 is 11.8 Å². The van der Waals surface area contributed by atoms with E-state index in [1.807, 2.05) is 32.0 Å². The molecule has 1 fully saturated rings. The predicted octanol–water partition coefficient (Wildman–Crippen LogP) is 1.82. The number of quaternary nitrogens is 1. The van der Waals surface area contributed by atoms with Gasteiger partial charge in [-0.15, -0.1) is 10.2 Å². The molecule has 7 heteroatoms. The second-order valence-electron chi connectivity index (χ2n) is 5.78. The number of nitrogens with one attached hydrogen (secondary N) is 1. The zero-order chi connectivity index (χ0) is 16.2. The average Bonchev–Trinajstić information content (AvgIpc) is 3.19. The van der Waals surface area contributed by atoms with Crippen molar-refractivity contribution in [3.8, 4) is 0 Å². The molecule has 3 rings (SSSR count). The molecule has 0 bridgehead atoms. The number of hydrogen-bond donors (Lipinski definition) is 2. The second kappa shape index (κ2) is 7.14. The number of benzene rings is 1. The predicted molar refractivity (Wildman–Crippen MR) is 88.3 cm³/mol. The van der Waals surface area contributed by atoms with Crippen molar-refractivity contribution in [2.75, 3.05) is 17.6 Å². The number of aromatic nitrogens is 2. The van der Waals surface area contributed by atoms with Gasteiger partial charge >= 0.3 is 0 Å². The number of nitrogens with zero attached hydrogens (tertiary/aromatic N) is 2. The number of nitrogens with two attached hydrogens (primary N) is 1. The number of para-hydroxylation sites is 1. The standard InChI is InChI=1S/C16H20N4O2S/c1-10-5-3-6-11(2)14(10)18-13(21)9-23-16-20-19-15(22-16)12-7-4-8-17-12/h3,5-6,12,17H,4,7-9H2,1-2H3,(H,18,21)/p+1/t12-/m0/s1. The maximum absolute atomic E-state index is 12.1. The molecule has 6 nitrogen and oxygen atoms in total. The van der Waals surface area contributed by atoms with E-state index in [9.17, 15) is 4.79 Å². The molecule has 1 atom stereocenters. The van der Waals surface area contributed by atoms with Gasteiger partial charge in [0.1, 0.15) is 0 Å². The van der Waals surface area contributed by atoms with Crippen LogP contribution in [0.15, 0.2) is 27.8 Å². The molecule has 0 radical (unpaired) electrons. The van der Waals surface area contributed by atoms with Gasteiger partial charge in [-0.2, -0.15) is 0 Å². The van der Waals surface area contributed by atoms with Crippen LogP contribution in [0, 0.1) is 13.8 Å². The molecule has 0 unspecified atom stereocenters. The fraction of sp³-hybridized carbons (Fsp3) is 0.438. The number of carbonyl (C=O) groups excluding carboxylic acids is 1. The molecule has 23 heavy (non-hydrogen) atoms. The topological polar surface area (TPSA) is 84.6 Å². The summed E-state index contributed by atoms with van der Waals surface area (Å²) in [7, 11) is 0. The van der Waals surface area contributed by atoms with E-state index < -0.39 is 0 Å². The summed E-state index contributed by atoms with van der Waals surface area (Å²) < 4.78 is 5.65. The van der Waals surface area contributed by atoms with Crippen molar-refractivity contribution in [2.45, 2.75) is 38.0 Å². The molecule has 1 saturated heterocycles. The van der Waals surface area contributed by atoms with Crippen molar-refractivity contribution in [3.05, 3.63) is 35.2 Å². The van der Waals surface area contributed by atoms with E-state index in [0.717, 1.165) is 29.8 Å². The van der Waals surface area contributed by atoms with Crippen LogP contribution in [-0.2, 0) is 4.79 Å². The van der Waals surface area contributed by atoms with Crippen LogP contribution in [0.2, 0.25) is 0 Å². The largest absolute Gasteiger partial charge is 0.410 e. The summed E-state index contributed by atoms with van der Waals surface area (Å²) in [6, 6.07) is 6.23. The number of anilines is 1. The first-order valence-corrected chi connectivity index (χ1v) is 8.77. The Kier molecular flexibility index (Phi) is 4.97. The van der Waals surface area contributed by atoms with Crippen LogP contribution in [0.5, 0.6) is 0 Å². The lowest BCUT2D eigenvalue weighted by atomic mass is 10.1. The minimum absolute atomic E-state index is 0.0698. The third-order valence-corrected chi connectivity index (χ3v) is 4.80. The Morgan fingerprint density at radius 1 is 1.39 bits per heavy atom. The van der Waals surface area contributed by atoms with Gasteiger partial charge in [-0.25, -0.2) is 0 Å². The monoisotopic (exact) mass is 333 g/mol. The van der Waals surface area contributed by atoms with Crippen LogP contribution < -0.4 is 10.6 Å². The molecule has 122 valence electrons. The molecule has 1 aliphatic heterocycles. The first-order valence-electron chi connectivity index (χ1n) is 7.79. The van der Waals surface area contributed by atoms with E-state index in [-0.39, 0.29) is 17.7 Å². The molecular weight excluding hydrogens is 312 g/mol. The number of hydrogen-bond acceptors (Lipinski definition) is 5. The van der Waals surface area contributed by atoms with Crippen molar-refractivity contribution in [1.29, 1.82) is 0 Å². The smallest absolute Gasteiger partial charge is 0.277 e. The molecule has 2 heterocycles. The van der Waals surface area contributed by atoms with E-state index in [2.05, 4.69) is 20.8 Å². The Hall–Kier alpha value is -1.86. The summed E-state index contributed by atoms with van der Waals surface area (Å²) in [5, 5.41) is 13.7. The molecule has 0 spiro atoms. The fourth-order valence-corrected chi connectivity index (χ4v) is 3.31. The molecule has 1 aliphatic rings. The van der Waals surface area contributed by atoms with Gasteiger partial charge in [0.2, 0.25) is 5.91 Å². The average molecular weight is 333 g/mol. The SMILES string of the molecule is Cc1cccc(C)c1NC(=O)CSc1nnc([C@@H]2CCC[NH2+]2)o1. The first-order chi connectivity index (χ1) is 11.1. The summed E-state index contributed by atoms with van der Waals surface area (Å²) in [6.45, 7) is 5.07. The lowest BCUT2D eigenvalue weighted by molar-refractivity contribution is -0.678. The first kappa shape index (κ1) is 16.0. The van der Waals surface area contributed by atoms with Crippen LogP contribution in [-0.4, -0.2) is 28.4 Å². The molecule has 2 aromatic rings. The van der Waals surface area contributed by atoms with Gasteiger partial charge in [-0.1, -0.05) is 30.0 Å². The molecule has 0 saturated carbocycles. The van der Waals surface area contributed by atoms with E-state index >= 15 is 0 Å². The summed E-state index contributed by atoms with van der Waals surface area (Å²) in [5.41, 5.74) is 2.99. The van der Waals surface area contributed by atoms with Crippen molar-refractivity contribution >= 4 is 23.4 Å². The lowest BCUT2D eigenvalue weighted by Gasteiger charge is -2.10. The minimum atomic E-state index is -0.0698. The van der Waals surface area contributed by atoms with Gasteiger partial charge < -0.3 is 15.1 Å². The van der Waals surface area contributed by atoms with Gasteiger partial charge in [0.05, 0.1) is 12.3 Å². The third-order valence-electron chi connectivity index (χ3n) is 3.98. The number of rotatable bonds is 5. The summed E-state index contributed by atoms with van der Waals surface area (Å²) >= 11 is 1.27. The Labute approximate surface area is 139 Å². The summed E-state index contributed by atoms with van der Waals surface area (Å²) in [4.78, 5) is 12.1. The van der Waals surface area contributed by atoms with Gasteiger partial charge in [0, 0.05) is 18.5 Å². The van der Waals surface area contributed by atoms with Crippen molar-refractivity contribution in [1.82, 2.24) is 10.2 Å². The highest BCUT2D eigenvalue weighted by molar-refractivity contribution is 7.99. The van der Waals surface area contributed by atoms with E-state index in [4.69, 9.17) is 4.42 Å². The Morgan fingerprint density at radius 3 is 2.87 bits per heavy atom. The van der Waals surface area contributed by atoms with Crippen molar-refractivity contribution in [2.24, 2.45) is 0 Å². The zero-order valence-electron chi connectivity index (χ0n) is 13.3. The second-order valence-corrected chi connectivity index (χ2v) is 6.71. The lowest BCUT2D eigenvalue weighted by Crippen LogP contribution is -2.81. The maximum atomic E-state index is 12.1. The van der Waals surface area contributed by atoms with Gasteiger partial charge in [0.25, 0.3) is 11.1 Å². The van der Waals surface area contributed by atoms with E-state index in [1.54, 1.807) is 0 Å². The number of thioether (sulfide) groups is 1. The van der Waals surface area contributed by atoms with Gasteiger partial charge in [-0.3, -0.25) is 4.79 Å². The molecule has 3 N–H and O–H groups in total. The van der Waals surface area contributed by atoms with Crippen molar-refractivity contribution < 1.29 is 14.5 Å². The molecular formula is C16H21N4O2S+. The Balaban J connectivity index is 1.55. The highest BCUT2D eigenvalue weighted by atomic mass is 32.2. The minimum Gasteiger partial charge on any atom is -0.410 e. The highest BCUT2D eigenvalue weighted by Gasteiger charge is 2.26. The van der Waals surface area contributed by atoms with Crippen LogP contribution in [0.1, 0.15) is 35.9 Å². The number of amides is 1. The highest BCUT2D eigenvalue weighted by Crippen LogP contribution is 2.23.